The van der Waals surface area contributed by atoms with E-state index in [0.717, 1.165) is 16.9 Å². The maximum atomic E-state index is 12.9. The number of furan rings is 1. The maximum Gasteiger partial charge on any atom is 0.233 e. The van der Waals surface area contributed by atoms with Crippen molar-refractivity contribution in [1.29, 1.82) is 0 Å². The van der Waals surface area contributed by atoms with Gasteiger partial charge in [-0.1, -0.05) is 53.7 Å². The molecule has 6 nitrogen and oxygen atoms in total. The van der Waals surface area contributed by atoms with Gasteiger partial charge in [-0.25, -0.2) is 0 Å². The van der Waals surface area contributed by atoms with Crippen LogP contribution in [0, 0.1) is 0 Å². The largest absolute Gasteiger partial charge is 0.467 e. The van der Waals surface area contributed by atoms with Gasteiger partial charge in [-0.3, -0.25) is 9.36 Å². The number of amides is 1. The van der Waals surface area contributed by atoms with Crippen LogP contribution in [0.15, 0.2) is 82.6 Å². The molecule has 0 N–H and O–H groups in total. The van der Waals surface area contributed by atoms with E-state index in [4.69, 9.17) is 16.0 Å². The minimum Gasteiger partial charge on any atom is -0.467 e. The molecule has 8 heteroatoms. The first-order chi connectivity index (χ1) is 15.5. The molecular formula is C24H23ClN4O2S. The van der Waals surface area contributed by atoms with E-state index in [2.05, 4.69) is 10.2 Å². The molecule has 1 amide bonds. The van der Waals surface area contributed by atoms with Crippen LogP contribution in [0.1, 0.15) is 24.3 Å². The molecule has 0 saturated carbocycles. The Morgan fingerprint density at radius 1 is 1.09 bits per heavy atom. The smallest absolute Gasteiger partial charge is 0.233 e. The first-order valence-corrected chi connectivity index (χ1v) is 11.5. The van der Waals surface area contributed by atoms with Crippen molar-refractivity contribution in [2.75, 3.05) is 12.8 Å². The molecule has 2 aromatic heterocycles. The summed E-state index contributed by atoms with van der Waals surface area (Å²) in [5.74, 6) is 1.75. The quantitative estimate of drug-likeness (QED) is 0.318. The summed E-state index contributed by atoms with van der Waals surface area (Å²) in [6.45, 7) is 2.49. The molecule has 0 radical (unpaired) electrons. The number of carbonyl (C=O) groups excluding carboxylic acids is 1. The zero-order valence-electron chi connectivity index (χ0n) is 17.8. The van der Waals surface area contributed by atoms with Crippen LogP contribution in [0.25, 0.3) is 11.4 Å². The molecule has 1 atom stereocenters. The average molecular weight is 467 g/mol. The minimum absolute atomic E-state index is 0.0186. The summed E-state index contributed by atoms with van der Waals surface area (Å²) in [7, 11) is 1.83. The van der Waals surface area contributed by atoms with E-state index < -0.39 is 0 Å². The summed E-state index contributed by atoms with van der Waals surface area (Å²) in [6.07, 6.45) is 1.64. The van der Waals surface area contributed by atoms with Crippen LogP contribution in [0.5, 0.6) is 0 Å². The van der Waals surface area contributed by atoms with E-state index >= 15 is 0 Å². The van der Waals surface area contributed by atoms with Crippen LogP contribution < -0.4 is 0 Å². The number of rotatable bonds is 8. The first-order valence-electron chi connectivity index (χ1n) is 10.2. The summed E-state index contributed by atoms with van der Waals surface area (Å²) >= 11 is 7.41. The van der Waals surface area contributed by atoms with Crippen molar-refractivity contribution in [2.45, 2.75) is 24.7 Å². The fourth-order valence-corrected chi connectivity index (χ4v) is 4.30. The number of nitrogens with zero attached hydrogens (tertiary/aromatic N) is 4. The monoisotopic (exact) mass is 466 g/mol. The van der Waals surface area contributed by atoms with Crippen molar-refractivity contribution in [3.05, 3.63) is 89.3 Å². The van der Waals surface area contributed by atoms with E-state index in [9.17, 15) is 4.79 Å². The molecule has 2 aromatic carbocycles. The molecule has 164 valence electrons. The van der Waals surface area contributed by atoms with Crippen molar-refractivity contribution < 1.29 is 9.21 Å². The van der Waals surface area contributed by atoms with Gasteiger partial charge in [0.1, 0.15) is 5.76 Å². The van der Waals surface area contributed by atoms with Crippen LogP contribution in [0.3, 0.4) is 0 Å². The second-order valence-electron chi connectivity index (χ2n) is 7.36. The molecule has 0 bridgehead atoms. The molecule has 0 saturated heterocycles. The lowest BCUT2D eigenvalue weighted by atomic mass is 10.1. The standard InChI is InChI=1S/C24H23ClN4O2S/c1-17(18-7-4-3-5-8-18)28(2)22(30)16-32-24-27-26-23(19-10-12-20(25)13-11-19)29(24)15-21-9-6-14-31-21/h3-14,17H,15-16H2,1-2H3. The number of halogens is 1. The van der Waals surface area contributed by atoms with Gasteiger partial charge < -0.3 is 9.32 Å². The zero-order chi connectivity index (χ0) is 22.5. The third-order valence-corrected chi connectivity index (χ3v) is 6.50. The predicted octanol–water partition coefficient (Wildman–Crippen LogP) is 5.55. The Labute approximate surface area is 196 Å². The number of hydrogen-bond donors (Lipinski definition) is 0. The Bertz CT molecular complexity index is 1160. The Balaban J connectivity index is 1.52. The van der Waals surface area contributed by atoms with Crippen LogP contribution in [0.2, 0.25) is 5.02 Å². The fourth-order valence-electron chi connectivity index (χ4n) is 3.31. The number of hydrogen-bond acceptors (Lipinski definition) is 5. The number of benzene rings is 2. The zero-order valence-corrected chi connectivity index (χ0v) is 19.4. The lowest BCUT2D eigenvalue weighted by molar-refractivity contribution is -0.128. The van der Waals surface area contributed by atoms with Crippen LogP contribution in [-0.2, 0) is 11.3 Å². The van der Waals surface area contributed by atoms with Gasteiger partial charge in [0, 0.05) is 17.6 Å². The fraction of sp³-hybridized carbons (Fsp3) is 0.208. The molecule has 0 aliphatic heterocycles. The highest BCUT2D eigenvalue weighted by Gasteiger charge is 2.21. The van der Waals surface area contributed by atoms with Gasteiger partial charge in [-0.15, -0.1) is 10.2 Å². The SMILES string of the molecule is CC(c1ccccc1)N(C)C(=O)CSc1nnc(-c2ccc(Cl)cc2)n1Cc1ccco1. The van der Waals surface area contributed by atoms with Crippen LogP contribution >= 0.6 is 23.4 Å². The minimum atomic E-state index is -0.0186. The van der Waals surface area contributed by atoms with Gasteiger partial charge in [0.2, 0.25) is 5.91 Å². The van der Waals surface area contributed by atoms with E-state index in [1.54, 1.807) is 11.2 Å². The van der Waals surface area contributed by atoms with E-state index in [1.807, 2.05) is 85.3 Å². The van der Waals surface area contributed by atoms with E-state index in [1.165, 1.54) is 11.8 Å². The Hall–Kier alpha value is -3.03. The molecule has 4 aromatic rings. The average Bonchev–Trinajstić information content (AvgIpc) is 3.48. The lowest BCUT2D eigenvalue weighted by Crippen LogP contribution is -2.31. The molecule has 2 heterocycles. The Morgan fingerprint density at radius 2 is 1.84 bits per heavy atom. The van der Waals surface area contributed by atoms with Crippen molar-refractivity contribution in [3.8, 4) is 11.4 Å². The van der Waals surface area contributed by atoms with Crippen molar-refractivity contribution >= 4 is 29.3 Å². The van der Waals surface area contributed by atoms with Gasteiger partial charge in [-0.05, 0) is 48.9 Å². The lowest BCUT2D eigenvalue weighted by Gasteiger charge is -2.25. The Kier molecular flexibility index (Phi) is 6.97. The van der Waals surface area contributed by atoms with Gasteiger partial charge >= 0.3 is 0 Å². The first kappa shape index (κ1) is 22.2. The van der Waals surface area contributed by atoms with Crippen molar-refractivity contribution in [2.24, 2.45) is 0 Å². The summed E-state index contributed by atoms with van der Waals surface area (Å²) < 4.78 is 7.49. The van der Waals surface area contributed by atoms with Crippen molar-refractivity contribution in [1.82, 2.24) is 19.7 Å². The summed E-state index contributed by atoms with van der Waals surface area (Å²) in [5, 5.41) is 10.1. The highest BCUT2D eigenvalue weighted by Crippen LogP contribution is 2.27. The third kappa shape index (κ3) is 5.06. The molecule has 4 rings (SSSR count). The van der Waals surface area contributed by atoms with Crippen LogP contribution in [-0.4, -0.2) is 38.4 Å². The number of thioether (sulfide) groups is 1. The molecule has 1 unspecified atom stereocenters. The topological polar surface area (TPSA) is 64.2 Å². The second-order valence-corrected chi connectivity index (χ2v) is 8.74. The second kappa shape index (κ2) is 10.1. The number of carbonyl (C=O) groups is 1. The normalized spacial score (nSPS) is 12.0. The van der Waals surface area contributed by atoms with Crippen LogP contribution in [0.4, 0.5) is 0 Å². The maximum absolute atomic E-state index is 12.9. The van der Waals surface area contributed by atoms with Gasteiger partial charge in [0.05, 0.1) is 24.6 Å². The summed E-state index contributed by atoms with van der Waals surface area (Å²) in [4.78, 5) is 14.6. The Morgan fingerprint density at radius 3 is 2.53 bits per heavy atom. The van der Waals surface area contributed by atoms with Gasteiger partial charge in [0.25, 0.3) is 0 Å². The molecule has 0 aliphatic carbocycles. The summed E-state index contributed by atoms with van der Waals surface area (Å²) in [6, 6.07) is 21.2. The summed E-state index contributed by atoms with van der Waals surface area (Å²) in [5.41, 5.74) is 1.99. The molecule has 0 aliphatic rings. The van der Waals surface area contributed by atoms with Gasteiger partial charge in [0.15, 0.2) is 11.0 Å². The third-order valence-electron chi connectivity index (χ3n) is 5.29. The van der Waals surface area contributed by atoms with E-state index in [0.29, 0.717) is 22.5 Å². The number of aromatic nitrogens is 3. The van der Waals surface area contributed by atoms with E-state index in [-0.39, 0.29) is 17.7 Å². The molecule has 32 heavy (non-hydrogen) atoms. The molecule has 0 spiro atoms. The van der Waals surface area contributed by atoms with Gasteiger partial charge in [-0.2, -0.15) is 0 Å². The van der Waals surface area contributed by atoms with Crippen molar-refractivity contribution in [3.63, 3.8) is 0 Å². The highest BCUT2D eigenvalue weighted by atomic mass is 35.5. The molecule has 0 fully saturated rings. The highest BCUT2D eigenvalue weighted by molar-refractivity contribution is 7.99. The molecular weight excluding hydrogens is 444 g/mol. The predicted molar refractivity (Wildman–Crippen MR) is 127 cm³/mol.